The van der Waals surface area contributed by atoms with Crippen molar-refractivity contribution in [1.82, 2.24) is 10.0 Å². The van der Waals surface area contributed by atoms with Gasteiger partial charge in [0, 0.05) is 12.6 Å². The van der Waals surface area contributed by atoms with Gasteiger partial charge in [-0.2, -0.15) is 0 Å². The second-order valence-electron chi connectivity index (χ2n) is 5.16. The lowest BCUT2D eigenvalue weighted by molar-refractivity contribution is 0.327. The predicted molar refractivity (Wildman–Crippen MR) is 71.5 cm³/mol. The van der Waals surface area contributed by atoms with Gasteiger partial charge in [-0.05, 0) is 31.7 Å². The van der Waals surface area contributed by atoms with Crippen molar-refractivity contribution in [3.8, 4) is 0 Å². The fraction of sp³-hybridized carbons (Fsp3) is 1.00. The van der Waals surface area contributed by atoms with Gasteiger partial charge in [0.15, 0.2) is 0 Å². The molecule has 0 amide bonds. The lowest BCUT2D eigenvalue weighted by Gasteiger charge is -2.27. The molecule has 0 saturated heterocycles. The van der Waals surface area contributed by atoms with Crippen LogP contribution in [0.5, 0.6) is 0 Å². The Morgan fingerprint density at radius 3 is 2.65 bits per heavy atom. The molecule has 0 radical (unpaired) electrons. The monoisotopic (exact) mass is 262 g/mol. The van der Waals surface area contributed by atoms with E-state index in [-0.39, 0.29) is 11.8 Å². The molecule has 4 nitrogen and oxygen atoms in total. The number of sulfonamides is 1. The lowest BCUT2D eigenvalue weighted by atomic mass is 9.88. The Labute approximate surface area is 106 Å². The van der Waals surface area contributed by atoms with Crippen LogP contribution >= 0.6 is 0 Å². The Balaban J connectivity index is 2.27. The average Bonchev–Trinajstić information content (AvgIpc) is 2.24. The Kier molecular flexibility index (Phi) is 6.44. The molecule has 5 heteroatoms. The highest BCUT2D eigenvalue weighted by Crippen LogP contribution is 2.23. The maximum Gasteiger partial charge on any atom is 0.213 e. The zero-order chi connectivity index (χ0) is 12.7. The summed E-state index contributed by atoms with van der Waals surface area (Å²) in [6, 6.07) is 0.162. The molecule has 0 bridgehead atoms. The molecule has 0 aromatic heterocycles. The number of nitrogens with one attached hydrogen (secondary N) is 2. The van der Waals surface area contributed by atoms with Crippen molar-refractivity contribution in [2.45, 2.75) is 52.0 Å². The lowest BCUT2D eigenvalue weighted by Crippen LogP contribution is -2.41. The fourth-order valence-corrected chi connectivity index (χ4v) is 3.62. The summed E-state index contributed by atoms with van der Waals surface area (Å²) in [5, 5.41) is 3.12. The molecule has 2 atom stereocenters. The van der Waals surface area contributed by atoms with Crippen molar-refractivity contribution >= 4 is 10.0 Å². The zero-order valence-corrected chi connectivity index (χ0v) is 11.9. The molecular weight excluding hydrogens is 236 g/mol. The molecule has 0 heterocycles. The summed E-state index contributed by atoms with van der Waals surface area (Å²) in [5.74, 6) is 0.840. The Morgan fingerprint density at radius 2 is 2.00 bits per heavy atom. The molecular formula is C12H26N2O2S. The zero-order valence-electron chi connectivity index (χ0n) is 11.0. The summed E-state index contributed by atoms with van der Waals surface area (Å²) in [6.07, 6.45) is 5.39. The van der Waals surface area contributed by atoms with Gasteiger partial charge < -0.3 is 5.32 Å². The summed E-state index contributed by atoms with van der Waals surface area (Å²) in [7, 11) is -3.10. The summed E-state index contributed by atoms with van der Waals surface area (Å²) in [4.78, 5) is 0. The molecule has 1 aliphatic rings. The van der Waals surface area contributed by atoms with Crippen molar-refractivity contribution < 1.29 is 8.42 Å². The number of hydrogen-bond acceptors (Lipinski definition) is 3. The second kappa shape index (κ2) is 7.34. The molecule has 2 unspecified atom stereocenters. The van der Waals surface area contributed by atoms with E-state index in [0.29, 0.717) is 12.5 Å². The molecule has 1 aliphatic carbocycles. The maximum absolute atomic E-state index is 11.8. The normalized spacial score (nSPS) is 26.0. The SMILES string of the molecule is CCCNCCS(=O)(=O)NC1CCCC(C)C1. The third-order valence-corrected chi connectivity index (χ3v) is 4.69. The Hall–Kier alpha value is -0.130. The molecule has 0 aliphatic heterocycles. The smallest absolute Gasteiger partial charge is 0.213 e. The van der Waals surface area contributed by atoms with E-state index in [1.807, 2.05) is 0 Å². The first-order valence-electron chi connectivity index (χ1n) is 6.74. The third kappa shape index (κ3) is 6.38. The average molecular weight is 262 g/mol. The highest BCUT2D eigenvalue weighted by atomic mass is 32.2. The van der Waals surface area contributed by atoms with E-state index < -0.39 is 10.0 Å². The summed E-state index contributed by atoms with van der Waals surface area (Å²) in [6.45, 7) is 5.70. The molecule has 1 saturated carbocycles. The van der Waals surface area contributed by atoms with Crippen LogP contribution in [-0.4, -0.2) is 33.3 Å². The Morgan fingerprint density at radius 1 is 1.24 bits per heavy atom. The first-order valence-corrected chi connectivity index (χ1v) is 8.39. The van der Waals surface area contributed by atoms with Crippen LogP contribution in [0.25, 0.3) is 0 Å². The van der Waals surface area contributed by atoms with Crippen LogP contribution in [0.2, 0.25) is 0 Å². The van der Waals surface area contributed by atoms with Gasteiger partial charge in [0.25, 0.3) is 0 Å². The number of rotatable bonds is 7. The first-order chi connectivity index (χ1) is 8.03. The first kappa shape index (κ1) is 14.9. The van der Waals surface area contributed by atoms with Crippen molar-refractivity contribution in [2.24, 2.45) is 5.92 Å². The van der Waals surface area contributed by atoms with Crippen LogP contribution < -0.4 is 10.0 Å². The molecule has 102 valence electrons. The third-order valence-electron chi connectivity index (χ3n) is 3.26. The van der Waals surface area contributed by atoms with Crippen LogP contribution in [0.3, 0.4) is 0 Å². The second-order valence-corrected chi connectivity index (χ2v) is 7.03. The van der Waals surface area contributed by atoms with Crippen LogP contribution in [0.1, 0.15) is 46.0 Å². The van der Waals surface area contributed by atoms with E-state index in [2.05, 4.69) is 23.9 Å². The highest BCUT2D eigenvalue weighted by molar-refractivity contribution is 7.89. The molecule has 0 aromatic rings. The summed E-state index contributed by atoms with van der Waals surface area (Å²) < 4.78 is 26.5. The minimum Gasteiger partial charge on any atom is -0.316 e. The van der Waals surface area contributed by atoms with Gasteiger partial charge in [-0.3, -0.25) is 0 Å². The molecule has 17 heavy (non-hydrogen) atoms. The van der Waals surface area contributed by atoms with Crippen molar-refractivity contribution in [3.63, 3.8) is 0 Å². The summed E-state index contributed by atoms with van der Waals surface area (Å²) in [5.41, 5.74) is 0. The van der Waals surface area contributed by atoms with Gasteiger partial charge in [0.05, 0.1) is 5.75 Å². The van der Waals surface area contributed by atoms with Crippen LogP contribution in [-0.2, 0) is 10.0 Å². The van der Waals surface area contributed by atoms with Gasteiger partial charge in [0.1, 0.15) is 0 Å². The van der Waals surface area contributed by atoms with E-state index in [1.165, 1.54) is 6.42 Å². The Bertz CT molecular complexity index is 304. The van der Waals surface area contributed by atoms with Gasteiger partial charge in [-0.15, -0.1) is 0 Å². The van der Waals surface area contributed by atoms with Crippen LogP contribution in [0.4, 0.5) is 0 Å². The van der Waals surface area contributed by atoms with Crippen molar-refractivity contribution in [1.29, 1.82) is 0 Å². The van der Waals surface area contributed by atoms with Crippen molar-refractivity contribution in [2.75, 3.05) is 18.8 Å². The van der Waals surface area contributed by atoms with E-state index in [4.69, 9.17) is 0 Å². The standard InChI is InChI=1S/C12H26N2O2S/c1-3-7-13-8-9-17(15,16)14-12-6-4-5-11(2)10-12/h11-14H,3-10H2,1-2H3. The van der Waals surface area contributed by atoms with E-state index in [9.17, 15) is 8.42 Å². The van der Waals surface area contributed by atoms with Gasteiger partial charge in [-0.1, -0.05) is 26.7 Å². The van der Waals surface area contributed by atoms with Gasteiger partial charge >= 0.3 is 0 Å². The minimum atomic E-state index is -3.10. The molecule has 0 aromatic carbocycles. The van der Waals surface area contributed by atoms with Gasteiger partial charge in [0.2, 0.25) is 10.0 Å². The van der Waals surface area contributed by atoms with Crippen LogP contribution in [0, 0.1) is 5.92 Å². The topological polar surface area (TPSA) is 58.2 Å². The maximum atomic E-state index is 11.8. The molecule has 2 N–H and O–H groups in total. The molecule has 1 fully saturated rings. The van der Waals surface area contributed by atoms with Crippen molar-refractivity contribution in [3.05, 3.63) is 0 Å². The fourth-order valence-electron chi connectivity index (χ4n) is 2.36. The van der Waals surface area contributed by atoms with E-state index in [1.54, 1.807) is 0 Å². The minimum absolute atomic E-state index is 0.162. The van der Waals surface area contributed by atoms with E-state index >= 15 is 0 Å². The molecule has 1 rings (SSSR count). The van der Waals surface area contributed by atoms with Crippen LogP contribution in [0.15, 0.2) is 0 Å². The number of hydrogen-bond donors (Lipinski definition) is 2. The van der Waals surface area contributed by atoms with Gasteiger partial charge in [-0.25, -0.2) is 13.1 Å². The highest BCUT2D eigenvalue weighted by Gasteiger charge is 2.22. The quantitative estimate of drug-likeness (QED) is 0.683. The predicted octanol–water partition coefficient (Wildman–Crippen LogP) is 1.48. The summed E-state index contributed by atoms with van der Waals surface area (Å²) >= 11 is 0. The van der Waals surface area contributed by atoms with E-state index in [0.717, 1.165) is 32.2 Å². The largest absolute Gasteiger partial charge is 0.316 e. The molecule has 0 spiro atoms.